The minimum absolute atomic E-state index is 0.270. The first kappa shape index (κ1) is 20.4. The maximum atomic E-state index is 7.03. The van der Waals surface area contributed by atoms with Gasteiger partial charge in [0.1, 0.15) is 0 Å². The predicted octanol–water partition coefficient (Wildman–Crippen LogP) is 5.35. The van der Waals surface area contributed by atoms with Crippen molar-refractivity contribution in [2.24, 2.45) is 0 Å². The second kappa shape index (κ2) is 9.00. The highest BCUT2D eigenvalue weighted by Gasteiger charge is 2.46. The summed E-state index contributed by atoms with van der Waals surface area (Å²) in [5.74, 6) is 0. The van der Waals surface area contributed by atoms with Crippen LogP contribution >= 0.6 is 0 Å². The fourth-order valence-corrected chi connectivity index (χ4v) is 9.68. The topological polar surface area (TPSA) is 12.5 Å². The Bertz CT molecular complexity index is 420. The van der Waals surface area contributed by atoms with Gasteiger partial charge in [-0.15, -0.1) is 0 Å². The number of likely N-dealkylation sites (N-methyl/N-ethyl adjacent to an activating group) is 1. The molecule has 1 unspecified atom stereocenters. The zero-order valence-corrected chi connectivity index (χ0v) is 17.5. The van der Waals surface area contributed by atoms with E-state index in [0.29, 0.717) is 16.6 Å². The number of nitrogens with zero attached hydrogens (tertiary/aromatic N) is 1. The van der Waals surface area contributed by atoms with E-state index in [-0.39, 0.29) is 6.10 Å². The van der Waals surface area contributed by atoms with Gasteiger partial charge in [-0.25, -0.2) is 0 Å². The van der Waals surface area contributed by atoms with Crippen molar-refractivity contribution < 1.29 is 4.43 Å². The van der Waals surface area contributed by atoms with Crippen LogP contribution in [-0.2, 0) is 10.8 Å². The smallest absolute Gasteiger partial charge is 0.200 e. The molecule has 0 radical (unpaired) electrons. The molecule has 0 spiro atoms. The molecule has 0 saturated heterocycles. The summed E-state index contributed by atoms with van der Waals surface area (Å²) in [6.07, 6.45) is 1.27. The van der Waals surface area contributed by atoms with Crippen LogP contribution in [0.25, 0.3) is 0 Å². The molecule has 3 heteroatoms. The molecule has 0 bridgehead atoms. The van der Waals surface area contributed by atoms with Crippen LogP contribution in [0.4, 0.5) is 0 Å². The summed E-state index contributed by atoms with van der Waals surface area (Å²) in [6.45, 7) is 15.2. The van der Waals surface area contributed by atoms with Gasteiger partial charge in [-0.3, -0.25) is 0 Å². The van der Waals surface area contributed by atoms with Crippen LogP contribution in [0.1, 0.15) is 47.1 Å². The highest BCUT2D eigenvalue weighted by molar-refractivity contribution is 6.77. The van der Waals surface area contributed by atoms with Crippen LogP contribution in [0.15, 0.2) is 30.3 Å². The summed E-state index contributed by atoms with van der Waals surface area (Å²) in [6, 6.07) is 10.8. The van der Waals surface area contributed by atoms with Crippen molar-refractivity contribution in [2.45, 2.75) is 70.7 Å². The third kappa shape index (κ3) is 5.44. The van der Waals surface area contributed by atoms with Crippen molar-refractivity contribution in [3.63, 3.8) is 0 Å². The van der Waals surface area contributed by atoms with E-state index < -0.39 is 8.32 Å². The molecule has 1 rings (SSSR count). The van der Waals surface area contributed by atoms with E-state index in [1.165, 1.54) is 5.56 Å². The lowest BCUT2D eigenvalue weighted by Crippen LogP contribution is -2.52. The van der Waals surface area contributed by atoms with Crippen molar-refractivity contribution >= 4 is 8.32 Å². The summed E-state index contributed by atoms with van der Waals surface area (Å²) in [4.78, 5) is 2.26. The summed E-state index contributed by atoms with van der Waals surface area (Å²) >= 11 is 0. The van der Waals surface area contributed by atoms with Crippen molar-refractivity contribution in [3.8, 4) is 0 Å². The first-order chi connectivity index (χ1) is 10.7. The van der Waals surface area contributed by atoms with Crippen molar-refractivity contribution in [3.05, 3.63) is 35.9 Å². The normalized spacial score (nSPS) is 14.3. The number of hydrogen-bond acceptors (Lipinski definition) is 2. The Balaban J connectivity index is 3.05. The molecule has 1 atom stereocenters. The van der Waals surface area contributed by atoms with Crippen LogP contribution in [0.3, 0.4) is 0 Å². The first-order valence-electron chi connectivity index (χ1n) is 9.06. The van der Waals surface area contributed by atoms with Crippen molar-refractivity contribution in [1.29, 1.82) is 0 Å². The average molecular weight is 336 g/mol. The molecular weight excluding hydrogens is 298 g/mol. The first-order valence-corrected chi connectivity index (χ1v) is 11.2. The molecule has 0 aliphatic heterocycles. The van der Waals surface area contributed by atoms with Gasteiger partial charge in [-0.1, -0.05) is 71.9 Å². The van der Waals surface area contributed by atoms with Gasteiger partial charge in [0.05, 0.1) is 6.10 Å². The van der Waals surface area contributed by atoms with Gasteiger partial charge in [-0.2, -0.15) is 0 Å². The minimum atomic E-state index is -1.84. The molecule has 23 heavy (non-hydrogen) atoms. The molecule has 0 heterocycles. The molecule has 0 N–H and O–H groups in total. The fraction of sp³-hybridized carbons (Fsp3) is 0.700. The Labute approximate surface area is 145 Å². The van der Waals surface area contributed by atoms with E-state index in [0.717, 1.165) is 13.0 Å². The van der Waals surface area contributed by atoms with Gasteiger partial charge in [0.25, 0.3) is 0 Å². The highest BCUT2D eigenvalue weighted by atomic mass is 28.4. The van der Waals surface area contributed by atoms with Crippen molar-refractivity contribution in [2.75, 3.05) is 20.6 Å². The SMILES string of the molecule is CC(C)[Si](OC(Cc1ccccc1)CN(C)C)(C(C)C)C(C)C. The summed E-state index contributed by atoms with van der Waals surface area (Å²) in [7, 11) is 2.45. The molecule has 0 fully saturated rings. The van der Waals surface area contributed by atoms with E-state index in [1.54, 1.807) is 0 Å². The quantitative estimate of drug-likeness (QED) is 0.564. The predicted molar refractivity (Wildman–Crippen MR) is 105 cm³/mol. The summed E-state index contributed by atoms with van der Waals surface area (Å²) in [5, 5.41) is 0. The molecule has 0 amide bonds. The van der Waals surface area contributed by atoms with Gasteiger partial charge in [0, 0.05) is 6.54 Å². The second-order valence-electron chi connectivity index (χ2n) is 8.01. The highest BCUT2D eigenvalue weighted by Crippen LogP contribution is 2.43. The second-order valence-corrected chi connectivity index (χ2v) is 13.4. The van der Waals surface area contributed by atoms with Crippen LogP contribution in [0.2, 0.25) is 16.6 Å². The Morgan fingerprint density at radius 2 is 1.35 bits per heavy atom. The lowest BCUT2D eigenvalue weighted by Gasteiger charge is -2.45. The van der Waals surface area contributed by atoms with E-state index in [2.05, 4.69) is 90.9 Å². The molecule has 2 nitrogen and oxygen atoms in total. The molecule has 0 aliphatic carbocycles. The number of hydrogen-bond donors (Lipinski definition) is 0. The molecule has 132 valence electrons. The van der Waals surface area contributed by atoms with E-state index in [1.807, 2.05) is 0 Å². The Morgan fingerprint density at radius 3 is 1.74 bits per heavy atom. The van der Waals surface area contributed by atoms with Gasteiger partial charge in [0.2, 0.25) is 8.32 Å². The van der Waals surface area contributed by atoms with E-state index >= 15 is 0 Å². The lowest BCUT2D eigenvalue weighted by atomic mass is 10.1. The zero-order valence-electron chi connectivity index (χ0n) is 16.5. The zero-order chi connectivity index (χ0) is 17.6. The lowest BCUT2D eigenvalue weighted by molar-refractivity contribution is 0.138. The molecule has 0 aromatic heterocycles. The molecule has 1 aromatic carbocycles. The molecule has 1 aromatic rings. The minimum Gasteiger partial charge on any atom is -0.412 e. The maximum absolute atomic E-state index is 7.03. The molecule has 0 aliphatic rings. The Morgan fingerprint density at radius 1 is 0.870 bits per heavy atom. The Hall–Kier alpha value is -0.643. The molecular formula is C20H37NOSi. The van der Waals surface area contributed by atoms with Gasteiger partial charge in [-0.05, 0) is 42.7 Å². The van der Waals surface area contributed by atoms with E-state index in [9.17, 15) is 0 Å². The molecule has 0 saturated carbocycles. The van der Waals surface area contributed by atoms with Gasteiger partial charge in [0.15, 0.2) is 0 Å². The van der Waals surface area contributed by atoms with Crippen LogP contribution in [0, 0.1) is 0 Å². The Kier molecular flexibility index (Phi) is 7.98. The standard InChI is InChI=1S/C20H37NOSi/c1-16(2)23(17(3)4,18(5)6)22-20(15-21(7)8)14-19-12-10-9-11-13-19/h9-13,16-18,20H,14-15H2,1-8H3. The van der Waals surface area contributed by atoms with Crippen LogP contribution in [-0.4, -0.2) is 40.0 Å². The number of benzene rings is 1. The largest absolute Gasteiger partial charge is 0.412 e. The monoisotopic (exact) mass is 335 g/mol. The summed E-state index contributed by atoms with van der Waals surface area (Å²) in [5.41, 5.74) is 3.26. The average Bonchev–Trinajstić information content (AvgIpc) is 2.43. The third-order valence-corrected chi connectivity index (χ3v) is 11.1. The fourth-order valence-electron chi connectivity index (χ4n) is 4.12. The third-order valence-electron chi connectivity index (χ3n) is 4.95. The van der Waals surface area contributed by atoms with E-state index in [4.69, 9.17) is 4.43 Å². The van der Waals surface area contributed by atoms with Crippen molar-refractivity contribution in [1.82, 2.24) is 4.90 Å². The van der Waals surface area contributed by atoms with Crippen LogP contribution in [0.5, 0.6) is 0 Å². The van der Waals surface area contributed by atoms with Crippen LogP contribution < -0.4 is 0 Å². The van der Waals surface area contributed by atoms with Gasteiger partial charge >= 0.3 is 0 Å². The van der Waals surface area contributed by atoms with Gasteiger partial charge < -0.3 is 9.33 Å². The maximum Gasteiger partial charge on any atom is 0.200 e. The summed E-state index contributed by atoms with van der Waals surface area (Å²) < 4.78 is 7.03. The number of rotatable bonds is 9.